The molecule has 0 atom stereocenters. The summed E-state index contributed by atoms with van der Waals surface area (Å²) in [6.07, 6.45) is 8.74. The molecule has 1 aliphatic rings. The van der Waals surface area contributed by atoms with Crippen molar-refractivity contribution in [1.29, 1.82) is 0 Å². The third-order valence-electron chi connectivity index (χ3n) is 3.39. The lowest BCUT2D eigenvalue weighted by atomic mass is 9.83. The van der Waals surface area contributed by atoms with Crippen LogP contribution in [0.15, 0.2) is 24.5 Å². The second kappa shape index (κ2) is 5.50. The third kappa shape index (κ3) is 2.97. The van der Waals surface area contributed by atoms with Crippen LogP contribution in [0.3, 0.4) is 0 Å². The predicted molar refractivity (Wildman–Crippen MR) is 68.2 cm³/mol. The molecule has 17 heavy (non-hydrogen) atoms. The topological polar surface area (TPSA) is 42.0 Å². The molecular weight excluding hydrogens is 236 g/mol. The molecule has 0 unspecified atom stereocenters. The van der Waals surface area contributed by atoms with Gasteiger partial charge in [0.25, 0.3) is 5.91 Å². The van der Waals surface area contributed by atoms with Crippen molar-refractivity contribution in [3.8, 4) is 0 Å². The van der Waals surface area contributed by atoms with Crippen LogP contribution in [0.2, 0.25) is 0 Å². The van der Waals surface area contributed by atoms with Crippen molar-refractivity contribution < 1.29 is 4.79 Å². The molecule has 0 saturated heterocycles. The number of carbonyl (C=O) groups excluding carboxylic acids is 1. The van der Waals surface area contributed by atoms with Crippen LogP contribution in [0.4, 0.5) is 0 Å². The van der Waals surface area contributed by atoms with Gasteiger partial charge in [-0.2, -0.15) is 0 Å². The number of pyridine rings is 1. The fourth-order valence-corrected chi connectivity index (χ4v) is 2.67. The molecule has 2 rings (SSSR count). The second-order valence-electron chi connectivity index (χ2n) is 4.66. The summed E-state index contributed by atoms with van der Waals surface area (Å²) >= 11 is 6.04. The molecule has 92 valence electrons. The maximum Gasteiger partial charge on any atom is 0.251 e. The number of hydrogen-bond acceptors (Lipinski definition) is 2. The summed E-state index contributed by atoms with van der Waals surface area (Å²) in [4.78, 5) is 16.0. The van der Waals surface area contributed by atoms with E-state index in [-0.39, 0.29) is 11.4 Å². The van der Waals surface area contributed by atoms with Gasteiger partial charge in [0.1, 0.15) is 0 Å². The van der Waals surface area contributed by atoms with Crippen LogP contribution in [0.1, 0.15) is 42.5 Å². The number of carbonyl (C=O) groups is 1. The summed E-state index contributed by atoms with van der Waals surface area (Å²) in [5.41, 5.74) is 0.440. The Balaban J connectivity index is 2.06. The smallest absolute Gasteiger partial charge is 0.251 e. The SMILES string of the molecule is O=C(NC1(CCl)CCCCC1)c1ccncc1. The van der Waals surface area contributed by atoms with Gasteiger partial charge in [-0.25, -0.2) is 0 Å². The molecule has 0 aromatic carbocycles. The summed E-state index contributed by atoms with van der Waals surface area (Å²) in [6.45, 7) is 0. The second-order valence-corrected chi connectivity index (χ2v) is 4.93. The Kier molecular flexibility index (Phi) is 4.00. The van der Waals surface area contributed by atoms with Crippen molar-refractivity contribution in [3.63, 3.8) is 0 Å². The van der Waals surface area contributed by atoms with Crippen molar-refractivity contribution in [2.45, 2.75) is 37.6 Å². The van der Waals surface area contributed by atoms with Crippen molar-refractivity contribution >= 4 is 17.5 Å². The maximum atomic E-state index is 12.1. The zero-order valence-corrected chi connectivity index (χ0v) is 10.5. The lowest BCUT2D eigenvalue weighted by Gasteiger charge is -2.36. The van der Waals surface area contributed by atoms with Gasteiger partial charge in [0.05, 0.1) is 5.54 Å². The number of nitrogens with one attached hydrogen (secondary N) is 1. The molecule has 1 N–H and O–H groups in total. The minimum Gasteiger partial charge on any atom is -0.345 e. The van der Waals surface area contributed by atoms with E-state index in [2.05, 4.69) is 10.3 Å². The molecule has 1 saturated carbocycles. The fourth-order valence-electron chi connectivity index (χ4n) is 2.34. The van der Waals surface area contributed by atoms with Gasteiger partial charge in [-0.05, 0) is 25.0 Å². The molecule has 1 fully saturated rings. The Labute approximate surface area is 107 Å². The summed E-state index contributed by atoms with van der Waals surface area (Å²) in [5, 5.41) is 3.10. The van der Waals surface area contributed by atoms with Crippen molar-refractivity contribution in [2.24, 2.45) is 0 Å². The Hall–Kier alpha value is -1.09. The molecule has 1 aromatic heterocycles. The molecule has 3 nitrogen and oxygen atoms in total. The highest BCUT2D eigenvalue weighted by atomic mass is 35.5. The molecule has 0 aliphatic heterocycles. The highest BCUT2D eigenvalue weighted by molar-refractivity contribution is 6.19. The Morgan fingerprint density at radius 3 is 2.53 bits per heavy atom. The van der Waals surface area contributed by atoms with E-state index < -0.39 is 0 Å². The Morgan fingerprint density at radius 1 is 1.29 bits per heavy atom. The molecule has 1 aliphatic carbocycles. The van der Waals surface area contributed by atoms with Crippen LogP contribution >= 0.6 is 11.6 Å². The molecule has 1 aromatic rings. The van der Waals surface area contributed by atoms with Crippen LogP contribution in [-0.4, -0.2) is 22.3 Å². The van der Waals surface area contributed by atoms with Crippen LogP contribution in [-0.2, 0) is 0 Å². The largest absolute Gasteiger partial charge is 0.345 e. The van der Waals surface area contributed by atoms with E-state index in [1.54, 1.807) is 24.5 Å². The average Bonchev–Trinajstić information content (AvgIpc) is 2.41. The van der Waals surface area contributed by atoms with Crippen LogP contribution in [0.5, 0.6) is 0 Å². The standard InChI is InChI=1S/C13H17ClN2O/c14-10-13(6-2-1-3-7-13)16-12(17)11-4-8-15-9-5-11/h4-5,8-9H,1-3,6-7,10H2,(H,16,17). The molecule has 1 amide bonds. The first-order chi connectivity index (χ1) is 8.26. The number of alkyl halides is 1. The summed E-state index contributed by atoms with van der Waals surface area (Å²) < 4.78 is 0. The highest BCUT2D eigenvalue weighted by Gasteiger charge is 2.32. The van der Waals surface area contributed by atoms with Gasteiger partial charge < -0.3 is 5.32 Å². The zero-order valence-electron chi connectivity index (χ0n) is 9.79. The number of rotatable bonds is 3. The van der Waals surface area contributed by atoms with E-state index in [9.17, 15) is 4.79 Å². The number of aromatic nitrogens is 1. The van der Waals surface area contributed by atoms with Crippen molar-refractivity contribution in [3.05, 3.63) is 30.1 Å². The van der Waals surface area contributed by atoms with E-state index in [0.717, 1.165) is 25.7 Å². The summed E-state index contributed by atoms with van der Waals surface area (Å²) in [7, 11) is 0. The van der Waals surface area contributed by atoms with Gasteiger partial charge in [0.2, 0.25) is 0 Å². The first-order valence-electron chi connectivity index (χ1n) is 6.04. The molecule has 1 heterocycles. The van der Waals surface area contributed by atoms with Gasteiger partial charge in [-0.1, -0.05) is 19.3 Å². The van der Waals surface area contributed by atoms with Crippen LogP contribution in [0, 0.1) is 0 Å². The van der Waals surface area contributed by atoms with Crippen molar-refractivity contribution in [2.75, 3.05) is 5.88 Å². The van der Waals surface area contributed by atoms with Gasteiger partial charge in [-0.15, -0.1) is 11.6 Å². The number of amides is 1. The maximum absolute atomic E-state index is 12.1. The zero-order chi connectivity index (χ0) is 12.1. The van der Waals surface area contributed by atoms with E-state index >= 15 is 0 Å². The van der Waals surface area contributed by atoms with Crippen molar-refractivity contribution in [1.82, 2.24) is 10.3 Å². The number of nitrogens with zero attached hydrogens (tertiary/aromatic N) is 1. The highest BCUT2D eigenvalue weighted by Crippen LogP contribution is 2.29. The third-order valence-corrected chi connectivity index (χ3v) is 3.90. The molecular formula is C13H17ClN2O. The monoisotopic (exact) mass is 252 g/mol. The quantitative estimate of drug-likeness (QED) is 0.841. The molecule has 0 radical (unpaired) electrons. The van der Waals surface area contributed by atoms with Crippen LogP contribution < -0.4 is 5.32 Å². The minimum atomic E-state index is -0.208. The number of halogens is 1. The van der Waals surface area contributed by atoms with Gasteiger partial charge in [0, 0.05) is 23.8 Å². The van der Waals surface area contributed by atoms with Crippen LogP contribution in [0.25, 0.3) is 0 Å². The van der Waals surface area contributed by atoms with Gasteiger partial charge in [0.15, 0.2) is 0 Å². The van der Waals surface area contributed by atoms with Gasteiger partial charge in [-0.3, -0.25) is 9.78 Å². The average molecular weight is 253 g/mol. The Bertz CT molecular complexity index is 374. The normalized spacial score (nSPS) is 18.6. The minimum absolute atomic E-state index is 0.0463. The molecule has 0 bridgehead atoms. The summed E-state index contributed by atoms with van der Waals surface area (Å²) in [6, 6.07) is 3.44. The van der Waals surface area contributed by atoms with E-state index in [0.29, 0.717) is 11.4 Å². The predicted octanol–water partition coefficient (Wildman–Crippen LogP) is 2.75. The number of hydrogen-bond donors (Lipinski definition) is 1. The first-order valence-corrected chi connectivity index (χ1v) is 6.58. The lowest BCUT2D eigenvalue weighted by molar-refractivity contribution is 0.0884. The summed E-state index contributed by atoms with van der Waals surface area (Å²) in [5.74, 6) is 0.444. The Morgan fingerprint density at radius 2 is 1.94 bits per heavy atom. The van der Waals surface area contributed by atoms with E-state index in [1.165, 1.54) is 6.42 Å². The molecule has 0 spiro atoms. The first kappa shape index (κ1) is 12.4. The van der Waals surface area contributed by atoms with E-state index in [1.807, 2.05) is 0 Å². The fraction of sp³-hybridized carbons (Fsp3) is 0.538. The van der Waals surface area contributed by atoms with Gasteiger partial charge >= 0.3 is 0 Å². The lowest BCUT2D eigenvalue weighted by Crippen LogP contribution is -2.51. The van der Waals surface area contributed by atoms with E-state index in [4.69, 9.17) is 11.6 Å². The molecule has 4 heteroatoms.